The lowest BCUT2D eigenvalue weighted by Crippen LogP contribution is -2.32. The number of hydrogen-bond acceptors (Lipinski definition) is 2. The molecule has 0 bridgehead atoms. The van der Waals surface area contributed by atoms with Crippen molar-refractivity contribution >= 4 is 25.8 Å². The SMILES string of the molecule is Cc1cc(P(C)C)ccc1B(O)O. The molecule has 1 aromatic carbocycles. The first-order valence-electron chi connectivity index (χ1n) is 4.16. The Hall–Kier alpha value is -0.365. The minimum atomic E-state index is -1.35. The van der Waals surface area contributed by atoms with E-state index < -0.39 is 7.12 Å². The Kier molecular flexibility index (Phi) is 3.49. The molecule has 0 saturated carbocycles. The van der Waals surface area contributed by atoms with Gasteiger partial charge in [0, 0.05) is 0 Å². The van der Waals surface area contributed by atoms with Gasteiger partial charge < -0.3 is 10.0 Å². The second-order valence-electron chi connectivity index (χ2n) is 3.31. The summed E-state index contributed by atoms with van der Waals surface area (Å²) in [5.74, 6) is 0. The van der Waals surface area contributed by atoms with Crippen molar-refractivity contribution in [1.82, 2.24) is 0 Å². The minimum Gasteiger partial charge on any atom is -0.423 e. The van der Waals surface area contributed by atoms with Crippen molar-refractivity contribution < 1.29 is 10.0 Å². The maximum absolute atomic E-state index is 8.99. The van der Waals surface area contributed by atoms with Crippen LogP contribution in [0.3, 0.4) is 0 Å². The Bertz CT molecular complexity index is 300. The first-order valence-corrected chi connectivity index (χ1v) is 6.40. The van der Waals surface area contributed by atoms with E-state index in [1.54, 1.807) is 6.07 Å². The molecule has 70 valence electrons. The number of hydrogen-bond donors (Lipinski definition) is 2. The van der Waals surface area contributed by atoms with Crippen LogP contribution in [0.15, 0.2) is 18.2 Å². The van der Waals surface area contributed by atoms with Gasteiger partial charge in [-0.25, -0.2) is 0 Å². The Morgan fingerprint density at radius 2 is 1.85 bits per heavy atom. The molecule has 0 atom stereocenters. The van der Waals surface area contributed by atoms with Crippen LogP contribution in [-0.4, -0.2) is 30.5 Å². The summed E-state index contributed by atoms with van der Waals surface area (Å²) in [6.45, 7) is 6.26. The average Bonchev–Trinajstić information content (AvgIpc) is 2.03. The molecule has 0 heterocycles. The van der Waals surface area contributed by atoms with Gasteiger partial charge in [0.05, 0.1) is 0 Å². The predicted octanol–water partition coefficient (Wildman–Crippen LogP) is 0.0416. The zero-order valence-corrected chi connectivity index (χ0v) is 9.05. The maximum atomic E-state index is 8.99. The summed E-state index contributed by atoms with van der Waals surface area (Å²) in [6, 6.07) is 5.78. The minimum absolute atomic E-state index is 0.107. The van der Waals surface area contributed by atoms with Crippen molar-refractivity contribution in [3.8, 4) is 0 Å². The molecule has 0 unspecified atom stereocenters. The Balaban J connectivity index is 3.06. The molecule has 1 aromatic rings. The largest absolute Gasteiger partial charge is 0.488 e. The van der Waals surface area contributed by atoms with Crippen molar-refractivity contribution in [2.24, 2.45) is 0 Å². The monoisotopic (exact) mass is 196 g/mol. The Labute approximate surface area is 80.5 Å². The van der Waals surface area contributed by atoms with E-state index in [-0.39, 0.29) is 7.92 Å². The molecule has 4 heteroatoms. The molecule has 2 nitrogen and oxygen atoms in total. The first-order chi connectivity index (χ1) is 6.02. The van der Waals surface area contributed by atoms with E-state index >= 15 is 0 Å². The van der Waals surface area contributed by atoms with E-state index in [2.05, 4.69) is 13.3 Å². The highest BCUT2D eigenvalue weighted by atomic mass is 31.1. The quantitative estimate of drug-likeness (QED) is 0.517. The summed E-state index contributed by atoms with van der Waals surface area (Å²) >= 11 is 0. The van der Waals surface area contributed by atoms with Crippen LogP contribution in [0.25, 0.3) is 0 Å². The number of benzene rings is 1. The van der Waals surface area contributed by atoms with Gasteiger partial charge in [-0.05, 0) is 31.0 Å². The third-order valence-electron chi connectivity index (χ3n) is 2.05. The molecule has 0 aliphatic rings. The number of rotatable bonds is 2. The molecule has 0 aliphatic heterocycles. The fraction of sp³-hybridized carbons (Fsp3) is 0.333. The zero-order valence-electron chi connectivity index (χ0n) is 8.15. The van der Waals surface area contributed by atoms with E-state index in [0.29, 0.717) is 5.46 Å². The van der Waals surface area contributed by atoms with Crippen molar-refractivity contribution in [3.63, 3.8) is 0 Å². The molecule has 0 radical (unpaired) electrons. The molecular weight excluding hydrogens is 182 g/mol. The number of aryl methyl sites for hydroxylation is 1. The van der Waals surface area contributed by atoms with Crippen LogP contribution >= 0.6 is 7.92 Å². The summed E-state index contributed by atoms with van der Waals surface area (Å²) in [4.78, 5) is 0. The van der Waals surface area contributed by atoms with Gasteiger partial charge in [0.15, 0.2) is 0 Å². The Morgan fingerprint density at radius 3 is 2.23 bits per heavy atom. The molecule has 0 aliphatic carbocycles. The van der Waals surface area contributed by atoms with Crippen molar-refractivity contribution in [3.05, 3.63) is 23.8 Å². The highest BCUT2D eigenvalue weighted by Crippen LogP contribution is 2.22. The highest BCUT2D eigenvalue weighted by Gasteiger charge is 2.13. The van der Waals surface area contributed by atoms with Crippen LogP contribution in [0.1, 0.15) is 5.56 Å². The van der Waals surface area contributed by atoms with Crippen LogP contribution in [0.2, 0.25) is 0 Å². The molecule has 0 fully saturated rings. The van der Waals surface area contributed by atoms with Crippen LogP contribution in [0.4, 0.5) is 0 Å². The van der Waals surface area contributed by atoms with Gasteiger partial charge in [0.1, 0.15) is 0 Å². The predicted molar refractivity (Wildman–Crippen MR) is 59.4 cm³/mol. The molecule has 1 rings (SSSR count). The molecule has 0 aromatic heterocycles. The molecule has 0 spiro atoms. The summed E-state index contributed by atoms with van der Waals surface area (Å²) < 4.78 is 0. The molecule has 13 heavy (non-hydrogen) atoms. The Morgan fingerprint density at radius 1 is 1.23 bits per heavy atom. The van der Waals surface area contributed by atoms with Crippen LogP contribution in [-0.2, 0) is 0 Å². The zero-order chi connectivity index (χ0) is 10.0. The van der Waals surface area contributed by atoms with Gasteiger partial charge in [0.25, 0.3) is 0 Å². The van der Waals surface area contributed by atoms with Gasteiger partial charge in [-0.15, -0.1) is 0 Å². The fourth-order valence-corrected chi connectivity index (χ4v) is 2.05. The van der Waals surface area contributed by atoms with Gasteiger partial charge in [-0.3, -0.25) is 0 Å². The third kappa shape index (κ3) is 2.54. The lowest BCUT2D eigenvalue weighted by molar-refractivity contribution is 0.425. The molecule has 2 N–H and O–H groups in total. The third-order valence-corrected chi connectivity index (χ3v) is 3.36. The van der Waals surface area contributed by atoms with E-state index in [1.807, 2.05) is 19.1 Å². The maximum Gasteiger partial charge on any atom is 0.488 e. The summed E-state index contributed by atoms with van der Waals surface area (Å²) in [6.07, 6.45) is 0. The lowest BCUT2D eigenvalue weighted by atomic mass is 9.77. The second-order valence-corrected chi connectivity index (χ2v) is 5.61. The topological polar surface area (TPSA) is 40.5 Å². The first kappa shape index (κ1) is 10.7. The molecule has 0 saturated heterocycles. The van der Waals surface area contributed by atoms with Crippen LogP contribution in [0.5, 0.6) is 0 Å². The molecular formula is C9H14BO2P. The summed E-state index contributed by atoms with van der Waals surface area (Å²) in [7, 11) is -1.46. The fourth-order valence-electron chi connectivity index (χ4n) is 1.23. The van der Waals surface area contributed by atoms with Crippen molar-refractivity contribution in [2.45, 2.75) is 6.92 Å². The van der Waals surface area contributed by atoms with E-state index in [1.165, 1.54) is 5.30 Å². The van der Waals surface area contributed by atoms with Crippen molar-refractivity contribution in [1.29, 1.82) is 0 Å². The summed E-state index contributed by atoms with van der Waals surface area (Å²) in [5.41, 5.74) is 1.55. The smallest absolute Gasteiger partial charge is 0.423 e. The van der Waals surface area contributed by atoms with Crippen LogP contribution < -0.4 is 10.8 Å². The van der Waals surface area contributed by atoms with Gasteiger partial charge in [-0.1, -0.05) is 31.7 Å². The van der Waals surface area contributed by atoms with Crippen LogP contribution in [0, 0.1) is 6.92 Å². The normalized spacial score (nSPS) is 10.6. The lowest BCUT2D eigenvalue weighted by Gasteiger charge is -2.10. The molecule has 0 amide bonds. The van der Waals surface area contributed by atoms with Gasteiger partial charge >= 0.3 is 7.12 Å². The van der Waals surface area contributed by atoms with Gasteiger partial charge in [0.2, 0.25) is 0 Å². The van der Waals surface area contributed by atoms with E-state index in [9.17, 15) is 0 Å². The van der Waals surface area contributed by atoms with Crippen molar-refractivity contribution in [2.75, 3.05) is 13.3 Å². The standard InChI is InChI=1S/C9H14BO2P/c1-7-6-8(13(2)3)4-5-9(7)10(11)12/h4-6,11-12H,1-3H3. The second kappa shape index (κ2) is 4.23. The van der Waals surface area contributed by atoms with E-state index in [4.69, 9.17) is 10.0 Å². The average molecular weight is 196 g/mol. The highest BCUT2D eigenvalue weighted by molar-refractivity contribution is 7.64. The van der Waals surface area contributed by atoms with Gasteiger partial charge in [-0.2, -0.15) is 0 Å². The summed E-state index contributed by atoms with van der Waals surface area (Å²) in [5, 5.41) is 19.3. The van der Waals surface area contributed by atoms with E-state index in [0.717, 1.165) is 5.56 Å².